The van der Waals surface area contributed by atoms with Crippen molar-refractivity contribution >= 4 is 11.7 Å². The fourth-order valence-corrected chi connectivity index (χ4v) is 4.67. The summed E-state index contributed by atoms with van der Waals surface area (Å²) in [7, 11) is 0. The number of aliphatic hydroxyl groups excluding tert-OH is 1. The van der Waals surface area contributed by atoms with E-state index in [1.807, 2.05) is 38.1 Å². The number of benzene rings is 2. The third-order valence-corrected chi connectivity index (χ3v) is 6.31. The van der Waals surface area contributed by atoms with E-state index in [9.17, 15) is 9.90 Å². The number of ether oxygens (including phenoxy) is 1. The highest BCUT2D eigenvalue weighted by Gasteiger charge is 2.31. The molecule has 1 aromatic heterocycles. The number of hydrogen-bond donors (Lipinski definition) is 3. The zero-order chi connectivity index (χ0) is 23.8. The molecule has 2 atom stereocenters. The first kappa shape index (κ1) is 22.2. The molecule has 1 aliphatic carbocycles. The monoisotopic (exact) mass is 463 g/mol. The van der Waals surface area contributed by atoms with Crippen LogP contribution in [0.2, 0.25) is 0 Å². The standard InChI is InChI=1S/C25H29N5O4/c1-14(2)33-22-9-6-15(12-20(22)26)24-28-23(29-34-24)19-5-3-4-18-17(19)7-8-21(18)27-25(32)30-11-10-16(31)13-30/h3-6,9,12,14,16,21,31H,7-8,10-11,13,26H2,1-2H3,(H,27,32)/t16-,21+/m1/s1. The van der Waals surface area contributed by atoms with Crippen LogP contribution in [0.3, 0.4) is 0 Å². The van der Waals surface area contributed by atoms with Crippen molar-refractivity contribution in [1.29, 1.82) is 0 Å². The maximum absolute atomic E-state index is 12.6. The van der Waals surface area contributed by atoms with E-state index >= 15 is 0 Å². The lowest BCUT2D eigenvalue weighted by Crippen LogP contribution is -2.40. The van der Waals surface area contributed by atoms with E-state index in [1.54, 1.807) is 17.0 Å². The number of β-amino-alcohol motifs (C(OH)–C–C–N with tert-alkyl or cyclic N) is 1. The first-order chi connectivity index (χ1) is 16.4. The van der Waals surface area contributed by atoms with E-state index in [4.69, 9.17) is 15.0 Å². The molecule has 9 heteroatoms. The van der Waals surface area contributed by atoms with Gasteiger partial charge in [0, 0.05) is 24.2 Å². The molecule has 1 saturated heterocycles. The van der Waals surface area contributed by atoms with Gasteiger partial charge in [-0.05, 0) is 62.4 Å². The molecule has 2 amide bonds. The minimum atomic E-state index is -0.435. The molecule has 5 rings (SSSR count). The molecule has 4 N–H and O–H groups in total. The summed E-state index contributed by atoms with van der Waals surface area (Å²) in [5, 5.41) is 17.1. The zero-order valence-corrected chi connectivity index (χ0v) is 19.3. The van der Waals surface area contributed by atoms with Gasteiger partial charge in [-0.3, -0.25) is 0 Å². The average molecular weight is 464 g/mol. The van der Waals surface area contributed by atoms with Gasteiger partial charge in [0.1, 0.15) is 5.75 Å². The van der Waals surface area contributed by atoms with Crippen LogP contribution in [0.4, 0.5) is 10.5 Å². The number of aliphatic hydroxyl groups is 1. The third kappa shape index (κ3) is 4.31. The predicted octanol–water partition coefficient (Wildman–Crippen LogP) is 3.54. The van der Waals surface area contributed by atoms with Crippen molar-refractivity contribution < 1.29 is 19.2 Å². The Labute approximate surface area is 197 Å². The number of nitrogen functional groups attached to an aromatic ring is 1. The number of hydrogen-bond acceptors (Lipinski definition) is 7. The normalized spacial score (nSPS) is 19.5. The second-order valence-corrected chi connectivity index (χ2v) is 9.14. The van der Waals surface area contributed by atoms with Crippen molar-refractivity contribution in [3.05, 3.63) is 47.5 Å². The Morgan fingerprint density at radius 1 is 1.29 bits per heavy atom. The van der Waals surface area contributed by atoms with Crippen LogP contribution in [-0.2, 0) is 6.42 Å². The highest BCUT2D eigenvalue weighted by atomic mass is 16.5. The number of urea groups is 1. The Morgan fingerprint density at radius 2 is 2.15 bits per heavy atom. The Balaban J connectivity index is 1.35. The average Bonchev–Trinajstić information content (AvgIpc) is 3.55. The van der Waals surface area contributed by atoms with Crippen molar-refractivity contribution in [2.24, 2.45) is 0 Å². The number of aromatic nitrogens is 2. The van der Waals surface area contributed by atoms with Gasteiger partial charge < -0.3 is 30.3 Å². The van der Waals surface area contributed by atoms with E-state index < -0.39 is 6.10 Å². The molecule has 1 aliphatic heterocycles. The summed E-state index contributed by atoms with van der Waals surface area (Å²) in [5.74, 6) is 1.50. The third-order valence-electron chi connectivity index (χ3n) is 6.31. The molecule has 0 saturated carbocycles. The summed E-state index contributed by atoms with van der Waals surface area (Å²) >= 11 is 0. The van der Waals surface area contributed by atoms with Gasteiger partial charge in [-0.15, -0.1) is 0 Å². The molecule has 1 fully saturated rings. The summed E-state index contributed by atoms with van der Waals surface area (Å²) in [4.78, 5) is 18.9. The summed E-state index contributed by atoms with van der Waals surface area (Å²) in [6, 6.07) is 11.2. The summed E-state index contributed by atoms with van der Waals surface area (Å²) in [5.41, 5.74) is 10.4. The minimum absolute atomic E-state index is 0.0267. The molecule has 0 spiro atoms. The largest absolute Gasteiger partial charge is 0.489 e. The van der Waals surface area contributed by atoms with Gasteiger partial charge in [0.05, 0.1) is 23.9 Å². The number of rotatable bonds is 5. The van der Waals surface area contributed by atoms with Gasteiger partial charge in [0.15, 0.2) is 0 Å². The van der Waals surface area contributed by atoms with Crippen LogP contribution in [0.1, 0.15) is 43.9 Å². The van der Waals surface area contributed by atoms with E-state index in [0.717, 1.165) is 35.1 Å². The quantitative estimate of drug-likeness (QED) is 0.494. The van der Waals surface area contributed by atoms with Gasteiger partial charge in [-0.1, -0.05) is 23.4 Å². The first-order valence-electron chi connectivity index (χ1n) is 11.6. The smallest absolute Gasteiger partial charge is 0.317 e. The van der Waals surface area contributed by atoms with Gasteiger partial charge >= 0.3 is 6.03 Å². The topological polar surface area (TPSA) is 127 Å². The molecule has 0 unspecified atom stereocenters. The molecule has 0 bridgehead atoms. The van der Waals surface area contributed by atoms with Gasteiger partial charge in [-0.25, -0.2) is 4.79 Å². The lowest BCUT2D eigenvalue weighted by molar-refractivity contribution is 0.170. The molecule has 9 nitrogen and oxygen atoms in total. The number of carbonyl (C=O) groups is 1. The Morgan fingerprint density at radius 3 is 2.88 bits per heavy atom. The molecule has 34 heavy (non-hydrogen) atoms. The van der Waals surface area contributed by atoms with Crippen LogP contribution in [0, 0.1) is 0 Å². The van der Waals surface area contributed by atoms with Crippen LogP contribution >= 0.6 is 0 Å². The summed E-state index contributed by atoms with van der Waals surface area (Å²) in [6.07, 6.45) is 1.82. The van der Waals surface area contributed by atoms with Crippen LogP contribution in [0.25, 0.3) is 22.8 Å². The second kappa shape index (κ2) is 8.98. The van der Waals surface area contributed by atoms with Crippen molar-refractivity contribution in [3.8, 4) is 28.6 Å². The van der Waals surface area contributed by atoms with E-state index in [2.05, 4.69) is 15.5 Å². The molecule has 3 aromatic rings. The molecule has 0 radical (unpaired) electrons. The maximum atomic E-state index is 12.6. The number of nitrogens with one attached hydrogen (secondary N) is 1. The van der Waals surface area contributed by atoms with Crippen LogP contribution < -0.4 is 15.8 Å². The Hall–Kier alpha value is -3.59. The number of fused-ring (bicyclic) bond motifs is 1. The van der Waals surface area contributed by atoms with Crippen LogP contribution in [-0.4, -0.2) is 51.5 Å². The molecule has 2 aliphatic rings. The van der Waals surface area contributed by atoms with Crippen molar-refractivity contribution in [3.63, 3.8) is 0 Å². The lowest BCUT2D eigenvalue weighted by atomic mass is 10.0. The van der Waals surface area contributed by atoms with Gasteiger partial charge in [-0.2, -0.15) is 4.98 Å². The maximum Gasteiger partial charge on any atom is 0.317 e. The van der Waals surface area contributed by atoms with Crippen molar-refractivity contribution in [1.82, 2.24) is 20.4 Å². The van der Waals surface area contributed by atoms with Gasteiger partial charge in [0.2, 0.25) is 5.82 Å². The summed E-state index contributed by atoms with van der Waals surface area (Å²) in [6.45, 7) is 4.85. The molecular formula is C25H29N5O4. The van der Waals surface area contributed by atoms with Crippen molar-refractivity contribution in [2.45, 2.75) is 51.4 Å². The fraction of sp³-hybridized carbons (Fsp3) is 0.400. The van der Waals surface area contributed by atoms with Gasteiger partial charge in [0.25, 0.3) is 5.89 Å². The summed E-state index contributed by atoms with van der Waals surface area (Å²) < 4.78 is 11.3. The zero-order valence-electron chi connectivity index (χ0n) is 19.3. The van der Waals surface area contributed by atoms with Crippen LogP contribution in [0.15, 0.2) is 40.9 Å². The number of likely N-dealkylation sites (tertiary alicyclic amines) is 1. The predicted molar refractivity (Wildman–Crippen MR) is 127 cm³/mol. The second-order valence-electron chi connectivity index (χ2n) is 9.14. The molecule has 2 aromatic carbocycles. The number of amides is 2. The van der Waals surface area contributed by atoms with E-state index in [-0.39, 0.29) is 18.2 Å². The Kier molecular flexibility index (Phi) is 5.87. The highest BCUT2D eigenvalue weighted by molar-refractivity contribution is 5.76. The number of carbonyl (C=O) groups excluding carboxylic acids is 1. The molecule has 2 heterocycles. The SMILES string of the molecule is CC(C)Oc1ccc(-c2nc(-c3cccc4c3CC[C@@H]4NC(=O)N3CC[C@@H](O)C3)no2)cc1N. The van der Waals surface area contributed by atoms with E-state index in [0.29, 0.717) is 42.7 Å². The fourth-order valence-electron chi connectivity index (χ4n) is 4.67. The Bertz CT molecular complexity index is 1210. The first-order valence-corrected chi connectivity index (χ1v) is 11.6. The molecular weight excluding hydrogens is 434 g/mol. The number of nitrogens with zero attached hydrogens (tertiary/aromatic N) is 3. The number of anilines is 1. The molecule has 178 valence electrons. The number of nitrogens with two attached hydrogens (primary N) is 1. The van der Waals surface area contributed by atoms with E-state index in [1.165, 1.54) is 0 Å². The van der Waals surface area contributed by atoms with Crippen LogP contribution in [0.5, 0.6) is 5.75 Å². The lowest BCUT2D eigenvalue weighted by Gasteiger charge is -2.21. The minimum Gasteiger partial charge on any atom is -0.489 e. The van der Waals surface area contributed by atoms with Crippen molar-refractivity contribution in [2.75, 3.05) is 18.8 Å². The highest BCUT2D eigenvalue weighted by Crippen LogP contribution is 2.38.